The first-order chi connectivity index (χ1) is 16.7. The summed E-state index contributed by atoms with van der Waals surface area (Å²) in [6, 6.07) is 17.2. The minimum Gasteiger partial charge on any atom is -0.494 e. The lowest BCUT2D eigenvalue weighted by atomic mass is 10.1. The van der Waals surface area contributed by atoms with E-state index in [1.165, 1.54) is 4.90 Å². The summed E-state index contributed by atoms with van der Waals surface area (Å²) in [5.74, 6) is -0.235. The molecule has 1 fully saturated rings. The molecule has 1 amide bonds. The average molecular weight is 530 g/mol. The zero-order valence-corrected chi connectivity index (χ0v) is 21.3. The molecule has 1 aliphatic heterocycles. The Morgan fingerprint density at radius 1 is 1.14 bits per heavy atom. The Kier molecular flexibility index (Phi) is 7.70. The van der Waals surface area contributed by atoms with Gasteiger partial charge in [0.1, 0.15) is 10.1 Å². The van der Waals surface area contributed by atoms with Crippen LogP contribution in [-0.4, -0.2) is 56.8 Å². The van der Waals surface area contributed by atoms with Crippen molar-refractivity contribution in [2.45, 2.75) is 13.3 Å². The summed E-state index contributed by atoms with van der Waals surface area (Å²) >= 11 is 6.36. The Hall–Kier alpha value is -2.99. The van der Waals surface area contributed by atoms with E-state index < -0.39 is 21.8 Å². The third kappa shape index (κ3) is 6.17. The highest BCUT2D eigenvalue weighted by Gasteiger charge is 2.33. The summed E-state index contributed by atoms with van der Waals surface area (Å²) in [4.78, 5) is 14.5. The predicted octanol–water partition coefficient (Wildman–Crippen LogP) is 4.42. The van der Waals surface area contributed by atoms with E-state index in [2.05, 4.69) is 0 Å². The lowest BCUT2D eigenvalue weighted by Gasteiger charge is -2.12. The van der Waals surface area contributed by atoms with Crippen molar-refractivity contribution in [1.29, 1.82) is 0 Å². The average Bonchev–Trinajstić information content (AvgIpc) is 3.37. The highest BCUT2D eigenvalue weighted by Crippen LogP contribution is 2.35. The summed E-state index contributed by atoms with van der Waals surface area (Å²) in [5.41, 5.74) is 3.07. The van der Waals surface area contributed by atoms with Crippen LogP contribution >= 0.6 is 24.0 Å². The van der Waals surface area contributed by atoms with Crippen molar-refractivity contribution < 1.29 is 22.5 Å². The topological polar surface area (TPSA) is 102 Å². The van der Waals surface area contributed by atoms with Crippen LogP contribution < -0.4 is 4.74 Å². The summed E-state index contributed by atoms with van der Waals surface area (Å²) in [6.07, 6.45) is 4.45. The zero-order chi connectivity index (χ0) is 25.0. The van der Waals surface area contributed by atoms with E-state index in [0.29, 0.717) is 22.8 Å². The lowest BCUT2D eigenvalue weighted by molar-refractivity contribution is -0.121. The van der Waals surface area contributed by atoms with Gasteiger partial charge in [0.2, 0.25) is 0 Å². The van der Waals surface area contributed by atoms with Gasteiger partial charge in [0.15, 0.2) is 0 Å². The van der Waals surface area contributed by atoms with Gasteiger partial charge >= 0.3 is 0 Å². The monoisotopic (exact) mass is 529 g/mol. The molecule has 11 heteroatoms. The van der Waals surface area contributed by atoms with Gasteiger partial charge in [-0.2, -0.15) is 13.5 Å². The number of thioether (sulfide) groups is 1. The van der Waals surface area contributed by atoms with E-state index in [-0.39, 0.29) is 10.9 Å². The molecule has 0 spiro atoms. The highest BCUT2D eigenvalue weighted by molar-refractivity contribution is 8.26. The molecule has 2 heterocycles. The maximum absolute atomic E-state index is 12.9. The number of amides is 1. The fraction of sp³-hybridized carbons (Fsp3) is 0.208. The smallest absolute Gasteiger partial charge is 0.266 e. The van der Waals surface area contributed by atoms with Crippen LogP contribution in [0, 0.1) is 0 Å². The second-order valence-corrected chi connectivity index (χ2v) is 11.0. The van der Waals surface area contributed by atoms with Gasteiger partial charge < -0.3 is 4.74 Å². The van der Waals surface area contributed by atoms with Crippen LogP contribution in [0.5, 0.6) is 5.75 Å². The Morgan fingerprint density at radius 2 is 1.86 bits per heavy atom. The first-order valence-corrected chi connectivity index (χ1v) is 13.7. The molecule has 0 saturated carbocycles. The van der Waals surface area contributed by atoms with E-state index in [4.69, 9.17) is 26.6 Å². The van der Waals surface area contributed by atoms with E-state index in [9.17, 15) is 13.2 Å². The second-order valence-electron chi connectivity index (χ2n) is 7.71. The van der Waals surface area contributed by atoms with Crippen molar-refractivity contribution in [3.63, 3.8) is 0 Å². The van der Waals surface area contributed by atoms with Crippen LogP contribution in [0.1, 0.15) is 18.9 Å². The van der Waals surface area contributed by atoms with Crippen molar-refractivity contribution in [3.8, 4) is 22.7 Å². The first-order valence-electron chi connectivity index (χ1n) is 10.8. The van der Waals surface area contributed by atoms with Crippen molar-refractivity contribution in [2.75, 3.05) is 18.9 Å². The largest absolute Gasteiger partial charge is 0.494 e. The van der Waals surface area contributed by atoms with Gasteiger partial charge in [0.05, 0.1) is 28.6 Å². The fourth-order valence-electron chi connectivity index (χ4n) is 3.40. The van der Waals surface area contributed by atoms with Crippen LogP contribution in [0.25, 0.3) is 23.0 Å². The maximum atomic E-state index is 12.9. The molecule has 182 valence electrons. The third-order valence-electron chi connectivity index (χ3n) is 5.10. The Labute approximate surface area is 213 Å². The van der Waals surface area contributed by atoms with Gasteiger partial charge in [0, 0.05) is 23.9 Å². The minimum atomic E-state index is -4.22. The maximum Gasteiger partial charge on any atom is 0.266 e. The summed E-state index contributed by atoms with van der Waals surface area (Å²) in [7, 11) is -4.22. The molecule has 1 N–H and O–H groups in total. The molecular weight excluding hydrogens is 506 g/mol. The summed E-state index contributed by atoms with van der Waals surface area (Å²) < 4.78 is 38.9. The standard InChI is InChI=1S/C24H23N3O5S3/c1-2-13-32-20-10-8-17(9-11-20)22-18(16-27(25-22)19-6-4-3-5-7-19)15-21-23(28)26(24(33)34-21)12-14-35(29,30)31/h3-11,15-16H,2,12-14H2,1H3,(H,29,30,31)/b21-15-. The summed E-state index contributed by atoms with van der Waals surface area (Å²) in [5, 5.41) is 4.77. The van der Waals surface area contributed by atoms with Gasteiger partial charge in [-0.3, -0.25) is 14.2 Å². The van der Waals surface area contributed by atoms with Crippen molar-refractivity contribution in [3.05, 3.63) is 71.3 Å². The number of hydrogen-bond donors (Lipinski definition) is 1. The third-order valence-corrected chi connectivity index (χ3v) is 7.17. The van der Waals surface area contributed by atoms with Crippen molar-refractivity contribution in [2.24, 2.45) is 0 Å². The van der Waals surface area contributed by atoms with Gasteiger partial charge in [-0.05, 0) is 48.9 Å². The number of ether oxygens (including phenoxy) is 1. The summed E-state index contributed by atoms with van der Waals surface area (Å²) in [6.45, 7) is 2.46. The highest BCUT2D eigenvalue weighted by atomic mass is 32.2. The van der Waals surface area contributed by atoms with Crippen LogP contribution in [0.15, 0.2) is 65.7 Å². The molecule has 0 aliphatic carbocycles. The van der Waals surface area contributed by atoms with E-state index >= 15 is 0 Å². The van der Waals surface area contributed by atoms with Crippen LogP contribution in [0.3, 0.4) is 0 Å². The fourth-order valence-corrected chi connectivity index (χ4v) is 5.11. The Bertz CT molecular complexity index is 1370. The van der Waals surface area contributed by atoms with Crippen molar-refractivity contribution >= 4 is 50.4 Å². The minimum absolute atomic E-state index is 0.212. The number of nitrogens with zero attached hydrogens (tertiary/aromatic N) is 3. The quantitative estimate of drug-likeness (QED) is 0.247. The number of carbonyl (C=O) groups excluding carboxylic acids is 1. The number of rotatable bonds is 9. The van der Waals surface area contributed by atoms with Crippen LogP contribution in [0.2, 0.25) is 0 Å². The van der Waals surface area contributed by atoms with Gasteiger partial charge in [0.25, 0.3) is 16.0 Å². The molecule has 0 atom stereocenters. The van der Waals surface area contributed by atoms with Crippen LogP contribution in [0.4, 0.5) is 0 Å². The van der Waals surface area contributed by atoms with Crippen molar-refractivity contribution in [1.82, 2.24) is 14.7 Å². The lowest BCUT2D eigenvalue weighted by Crippen LogP contribution is -2.32. The molecule has 35 heavy (non-hydrogen) atoms. The zero-order valence-electron chi connectivity index (χ0n) is 18.8. The molecular formula is C24H23N3O5S3. The molecule has 3 aromatic rings. The molecule has 1 aromatic heterocycles. The molecule has 8 nitrogen and oxygen atoms in total. The number of hydrogen-bond acceptors (Lipinski definition) is 7. The SMILES string of the molecule is CCCOc1ccc(-c2nn(-c3ccccc3)cc2/C=C2\SC(=S)N(CCS(=O)(=O)O)C2=O)cc1. The predicted molar refractivity (Wildman–Crippen MR) is 141 cm³/mol. The molecule has 4 rings (SSSR count). The molecule has 2 aromatic carbocycles. The first kappa shape index (κ1) is 25.1. The van der Waals surface area contributed by atoms with E-state index in [1.807, 2.05) is 67.7 Å². The Morgan fingerprint density at radius 3 is 2.51 bits per heavy atom. The van der Waals surface area contributed by atoms with Gasteiger partial charge in [-0.15, -0.1) is 0 Å². The second kappa shape index (κ2) is 10.7. The molecule has 1 aliphatic rings. The number of para-hydroxylation sites is 1. The van der Waals surface area contributed by atoms with E-state index in [0.717, 1.165) is 35.2 Å². The number of carbonyl (C=O) groups is 1. The van der Waals surface area contributed by atoms with Crippen LogP contribution in [-0.2, 0) is 14.9 Å². The normalized spacial score (nSPS) is 15.3. The van der Waals surface area contributed by atoms with E-state index in [1.54, 1.807) is 10.8 Å². The Balaban J connectivity index is 1.69. The molecule has 0 radical (unpaired) electrons. The molecule has 0 unspecified atom stereocenters. The number of thiocarbonyl (C=S) groups is 1. The molecule has 0 bridgehead atoms. The van der Waals surface area contributed by atoms with Gasteiger partial charge in [-0.1, -0.05) is 49.1 Å². The van der Waals surface area contributed by atoms with Gasteiger partial charge in [-0.25, -0.2) is 4.68 Å². The number of benzene rings is 2. The number of aromatic nitrogens is 2. The molecule has 1 saturated heterocycles.